The molecule has 0 radical (unpaired) electrons. The van der Waals surface area contributed by atoms with E-state index in [9.17, 15) is 9.18 Å². The third-order valence-corrected chi connectivity index (χ3v) is 5.94. The van der Waals surface area contributed by atoms with E-state index in [1.165, 1.54) is 30.2 Å². The Bertz CT molecular complexity index is 1180. The topological polar surface area (TPSA) is 75.9 Å². The number of fused-ring (bicyclic) bond motifs is 1. The molecule has 2 aromatic heterocycles. The van der Waals surface area contributed by atoms with Crippen LogP contribution >= 0.6 is 11.8 Å². The monoisotopic (exact) mass is 450 g/mol. The van der Waals surface area contributed by atoms with Crippen molar-refractivity contribution < 1.29 is 9.18 Å². The first-order chi connectivity index (χ1) is 15.6. The first-order valence-corrected chi connectivity index (χ1v) is 11.2. The summed E-state index contributed by atoms with van der Waals surface area (Å²) < 4.78 is 14.8. The second kappa shape index (κ2) is 10.2. The van der Waals surface area contributed by atoms with E-state index in [-0.39, 0.29) is 17.5 Å². The summed E-state index contributed by atoms with van der Waals surface area (Å²) in [5.41, 5.74) is 2.47. The Morgan fingerprint density at radius 2 is 1.91 bits per heavy atom. The third kappa shape index (κ3) is 5.23. The van der Waals surface area contributed by atoms with Crippen molar-refractivity contribution in [3.63, 3.8) is 0 Å². The molecule has 0 spiro atoms. The molecule has 0 aliphatic heterocycles. The molecule has 9 heteroatoms. The number of rotatable bonds is 9. The van der Waals surface area contributed by atoms with E-state index in [1.807, 2.05) is 25.2 Å². The lowest BCUT2D eigenvalue weighted by molar-refractivity contribution is -0.118. The number of carbonyl (C=O) groups excluding carboxylic acids is 1. The van der Waals surface area contributed by atoms with Gasteiger partial charge in [0.1, 0.15) is 17.2 Å². The summed E-state index contributed by atoms with van der Waals surface area (Å²) in [6.45, 7) is 1.46. The highest BCUT2D eigenvalue weighted by Gasteiger charge is 2.13. The van der Waals surface area contributed by atoms with Gasteiger partial charge in [0.25, 0.3) is 0 Å². The molecule has 2 heterocycles. The van der Waals surface area contributed by atoms with Gasteiger partial charge in [0.05, 0.1) is 23.0 Å². The van der Waals surface area contributed by atoms with E-state index in [0.29, 0.717) is 22.9 Å². The van der Waals surface area contributed by atoms with Crippen LogP contribution in [0, 0.1) is 5.82 Å². The van der Waals surface area contributed by atoms with Gasteiger partial charge in [-0.2, -0.15) is 5.10 Å². The van der Waals surface area contributed by atoms with E-state index in [4.69, 9.17) is 0 Å². The van der Waals surface area contributed by atoms with Crippen LogP contribution in [0.4, 0.5) is 10.1 Å². The van der Waals surface area contributed by atoms with Crippen molar-refractivity contribution in [2.75, 3.05) is 30.8 Å². The molecule has 0 unspecified atom stereocenters. The molecule has 1 amide bonds. The molecule has 4 aromatic rings. The molecule has 164 valence electrons. The average molecular weight is 451 g/mol. The van der Waals surface area contributed by atoms with Crippen molar-refractivity contribution in [1.82, 2.24) is 25.1 Å². The van der Waals surface area contributed by atoms with Gasteiger partial charge in [0.15, 0.2) is 5.65 Å². The standard InChI is InChI=1S/C23H23FN6OS/c1-29(18-6-3-2-4-7-18)13-5-12-25-21(31)15-32-23-20-14-28-30(22(20)26-16-27-23)19-10-8-17(24)9-11-19/h2-4,6-11,14,16H,5,12-13,15H2,1H3,(H,25,31). The molecular weight excluding hydrogens is 427 g/mol. The number of anilines is 1. The zero-order valence-electron chi connectivity index (χ0n) is 17.6. The number of halogens is 1. The minimum absolute atomic E-state index is 0.0462. The number of nitrogens with zero attached hydrogens (tertiary/aromatic N) is 5. The summed E-state index contributed by atoms with van der Waals surface area (Å²) in [5.74, 6) is -0.105. The zero-order valence-corrected chi connectivity index (χ0v) is 18.4. The SMILES string of the molecule is CN(CCCNC(=O)CSc1ncnc2c1cnn2-c1ccc(F)cc1)c1ccccc1. The summed E-state index contributed by atoms with van der Waals surface area (Å²) in [5, 5.41) is 8.75. The predicted molar refractivity (Wildman–Crippen MR) is 125 cm³/mol. The largest absolute Gasteiger partial charge is 0.375 e. The number of nitrogens with one attached hydrogen (secondary N) is 1. The summed E-state index contributed by atoms with van der Waals surface area (Å²) in [4.78, 5) is 23.1. The molecular formula is C23H23FN6OS. The number of hydrogen-bond acceptors (Lipinski definition) is 6. The molecule has 1 N–H and O–H groups in total. The summed E-state index contributed by atoms with van der Waals surface area (Å²) in [6.07, 6.45) is 3.96. The van der Waals surface area contributed by atoms with Gasteiger partial charge in [-0.1, -0.05) is 30.0 Å². The number of carbonyl (C=O) groups is 1. The number of para-hydroxylation sites is 1. The van der Waals surface area contributed by atoms with E-state index >= 15 is 0 Å². The summed E-state index contributed by atoms with van der Waals surface area (Å²) >= 11 is 1.34. The lowest BCUT2D eigenvalue weighted by atomic mass is 10.3. The molecule has 32 heavy (non-hydrogen) atoms. The second-order valence-corrected chi connectivity index (χ2v) is 8.16. The van der Waals surface area contributed by atoms with Gasteiger partial charge in [-0.25, -0.2) is 19.0 Å². The Morgan fingerprint density at radius 3 is 2.69 bits per heavy atom. The fourth-order valence-corrected chi connectivity index (χ4v) is 4.04. The number of aromatic nitrogens is 4. The number of benzene rings is 2. The molecule has 0 atom stereocenters. The Hall–Kier alpha value is -3.46. The van der Waals surface area contributed by atoms with Crippen molar-refractivity contribution in [2.45, 2.75) is 11.4 Å². The van der Waals surface area contributed by atoms with Gasteiger partial charge < -0.3 is 10.2 Å². The molecule has 0 aliphatic rings. The van der Waals surface area contributed by atoms with E-state index < -0.39 is 0 Å². The zero-order chi connectivity index (χ0) is 22.3. The van der Waals surface area contributed by atoms with Gasteiger partial charge in [-0.05, 0) is 42.8 Å². The minimum atomic E-state index is -0.311. The van der Waals surface area contributed by atoms with Crippen LogP contribution in [0.5, 0.6) is 0 Å². The first kappa shape index (κ1) is 21.8. The molecule has 2 aromatic carbocycles. The maximum atomic E-state index is 13.2. The summed E-state index contributed by atoms with van der Waals surface area (Å²) in [7, 11) is 2.04. The predicted octanol–water partition coefficient (Wildman–Crippen LogP) is 3.69. The van der Waals surface area contributed by atoms with Crippen LogP contribution < -0.4 is 10.2 Å². The van der Waals surface area contributed by atoms with Gasteiger partial charge >= 0.3 is 0 Å². The van der Waals surface area contributed by atoms with Crippen molar-refractivity contribution in [3.8, 4) is 5.69 Å². The molecule has 0 saturated heterocycles. The Balaban J connectivity index is 1.29. The number of thioether (sulfide) groups is 1. The quantitative estimate of drug-likeness (QED) is 0.238. The average Bonchev–Trinajstić information content (AvgIpc) is 3.26. The van der Waals surface area contributed by atoms with Gasteiger partial charge in [-0.3, -0.25) is 4.79 Å². The molecule has 0 fully saturated rings. The fourth-order valence-electron chi connectivity index (χ4n) is 3.25. The van der Waals surface area contributed by atoms with Crippen LogP contribution in [0.1, 0.15) is 6.42 Å². The summed E-state index contributed by atoms with van der Waals surface area (Å²) in [6, 6.07) is 16.2. The van der Waals surface area contributed by atoms with Gasteiger partial charge in [0.2, 0.25) is 5.91 Å². The van der Waals surface area contributed by atoms with Crippen LogP contribution in [0.2, 0.25) is 0 Å². The Kier molecular flexibility index (Phi) is 6.96. The number of amides is 1. The maximum Gasteiger partial charge on any atom is 0.230 e. The van der Waals surface area contributed by atoms with E-state index in [1.54, 1.807) is 23.0 Å². The molecule has 0 bridgehead atoms. The number of hydrogen-bond donors (Lipinski definition) is 1. The van der Waals surface area contributed by atoms with E-state index in [0.717, 1.165) is 24.0 Å². The third-order valence-electron chi connectivity index (χ3n) is 4.93. The molecule has 0 aliphatic carbocycles. The Labute approximate surface area is 189 Å². The van der Waals surface area contributed by atoms with Crippen LogP contribution in [0.25, 0.3) is 16.7 Å². The smallest absolute Gasteiger partial charge is 0.230 e. The van der Waals surface area contributed by atoms with Crippen molar-refractivity contribution >= 4 is 34.4 Å². The van der Waals surface area contributed by atoms with Crippen molar-refractivity contribution in [3.05, 3.63) is 72.9 Å². The van der Waals surface area contributed by atoms with Crippen molar-refractivity contribution in [2.24, 2.45) is 0 Å². The molecule has 4 rings (SSSR count). The lowest BCUT2D eigenvalue weighted by Gasteiger charge is -2.19. The normalized spacial score (nSPS) is 10.9. The maximum absolute atomic E-state index is 13.2. The minimum Gasteiger partial charge on any atom is -0.375 e. The Morgan fingerprint density at radius 1 is 1.12 bits per heavy atom. The van der Waals surface area contributed by atoms with Crippen LogP contribution in [-0.4, -0.2) is 51.5 Å². The van der Waals surface area contributed by atoms with Crippen LogP contribution in [-0.2, 0) is 4.79 Å². The molecule has 7 nitrogen and oxygen atoms in total. The van der Waals surface area contributed by atoms with E-state index in [2.05, 4.69) is 37.4 Å². The highest BCUT2D eigenvalue weighted by Crippen LogP contribution is 2.25. The van der Waals surface area contributed by atoms with Crippen LogP contribution in [0.15, 0.2) is 72.1 Å². The highest BCUT2D eigenvalue weighted by molar-refractivity contribution is 8.00. The van der Waals surface area contributed by atoms with Crippen LogP contribution in [0.3, 0.4) is 0 Å². The van der Waals surface area contributed by atoms with Crippen molar-refractivity contribution in [1.29, 1.82) is 0 Å². The highest BCUT2D eigenvalue weighted by atomic mass is 32.2. The fraction of sp³-hybridized carbons (Fsp3) is 0.217. The molecule has 0 saturated carbocycles. The first-order valence-electron chi connectivity index (χ1n) is 10.2. The lowest BCUT2D eigenvalue weighted by Crippen LogP contribution is -2.29. The van der Waals surface area contributed by atoms with Gasteiger partial charge in [-0.15, -0.1) is 0 Å². The second-order valence-electron chi connectivity index (χ2n) is 7.20. The van der Waals surface area contributed by atoms with Gasteiger partial charge in [0, 0.05) is 25.8 Å².